The molecule has 0 bridgehead atoms. The van der Waals surface area contributed by atoms with Crippen molar-refractivity contribution in [3.63, 3.8) is 0 Å². The van der Waals surface area contributed by atoms with E-state index in [4.69, 9.17) is 4.74 Å². The van der Waals surface area contributed by atoms with Gasteiger partial charge in [-0.3, -0.25) is 0 Å². The largest absolute Gasteiger partial charge is 0.473 e. The summed E-state index contributed by atoms with van der Waals surface area (Å²) in [7, 11) is 0. The molecule has 5 nitrogen and oxygen atoms in total. The van der Waals surface area contributed by atoms with Gasteiger partial charge in [0.2, 0.25) is 11.8 Å². The second kappa shape index (κ2) is 8.03. The lowest BCUT2D eigenvalue weighted by Gasteiger charge is -2.36. The summed E-state index contributed by atoms with van der Waals surface area (Å²) >= 11 is 0. The highest BCUT2D eigenvalue weighted by Crippen LogP contribution is 2.22. The number of aromatic nitrogens is 2. The van der Waals surface area contributed by atoms with E-state index in [2.05, 4.69) is 19.8 Å². The molecule has 1 aliphatic heterocycles. The Morgan fingerprint density at radius 3 is 2.33 bits per heavy atom. The van der Waals surface area contributed by atoms with Gasteiger partial charge in [0.15, 0.2) is 0 Å². The fourth-order valence-corrected chi connectivity index (χ4v) is 3.15. The summed E-state index contributed by atoms with van der Waals surface area (Å²) in [6, 6.07) is 18.6. The average molecular weight is 364 g/mol. The van der Waals surface area contributed by atoms with Crippen LogP contribution in [0.25, 0.3) is 0 Å². The SMILES string of the molecule is Fc1ccccc1N1CCN(c2nccc(OCc3ccccc3)n2)CC1. The number of ether oxygens (including phenoxy) is 1. The molecule has 0 spiro atoms. The first-order valence-corrected chi connectivity index (χ1v) is 9.04. The van der Waals surface area contributed by atoms with E-state index in [0.717, 1.165) is 31.7 Å². The minimum atomic E-state index is -0.182. The number of benzene rings is 2. The van der Waals surface area contributed by atoms with E-state index >= 15 is 0 Å². The molecular weight excluding hydrogens is 343 g/mol. The first-order valence-electron chi connectivity index (χ1n) is 9.04. The number of hydrogen-bond donors (Lipinski definition) is 0. The lowest BCUT2D eigenvalue weighted by molar-refractivity contribution is 0.293. The van der Waals surface area contributed by atoms with Crippen LogP contribution in [-0.2, 0) is 6.61 Å². The number of anilines is 2. The van der Waals surface area contributed by atoms with Crippen LogP contribution in [0.2, 0.25) is 0 Å². The Morgan fingerprint density at radius 2 is 1.56 bits per heavy atom. The summed E-state index contributed by atoms with van der Waals surface area (Å²) in [6.07, 6.45) is 1.71. The molecule has 1 aromatic heterocycles. The minimum absolute atomic E-state index is 0.182. The van der Waals surface area contributed by atoms with Crippen molar-refractivity contribution in [1.82, 2.24) is 9.97 Å². The quantitative estimate of drug-likeness (QED) is 0.693. The van der Waals surface area contributed by atoms with Crippen LogP contribution in [0.5, 0.6) is 5.88 Å². The highest BCUT2D eigenvalue weighted by Gasteiger charge is 2.21. The number of hydrogen-bond acceptors (Lipinski definition) is 5. The molecule has 2 heterocycles. The van der Waals surface area contributed by atoms with Crippen molar-refractivity contribution in [1.29, 1.82) is 0 Å². The van der Waals surface area contributed by atoms with Gasteiger partial charge in [-0.2, -0.15) is 4.98 Å². The molecule has 27 heavy (non-hydrogen) atoms. The third-order valence-corrected chi connectivity index (χ3v) is 4.60. The molecule has 0 aliphatic carbocycles. The molecule has 3 aromatic rings. The fourth-order valence-electron chi connectivity index (χ4n) is 3.15. The smallest absolute Gasteiger partial charge is 0.228 e. The Kier molecular flexibility index (Phi) is 5.14. The van der Waals surface area contributed by atoms with E-state index in [-0.39, 0.29) is 5.82 Å². The lowest BCUT2D eigenvalue weighted by Crippen LogP contribution is -2.47. The van der Waals surface area contributed by atoms with E-state index in [0.29, 0.717) is 24.1 Å². The molecule has 2 aromatic carbocycles. The van der Waals surface area contributed by atoms with Gasteiger partial charge < -0.3 is 14.5 Å². The molecule has 0 saturated carbocycles. The van der Waals surface area contributed by atoms with Crippen LogP contribution in [0.1, 0.15) is 5.56 Å². The second-order valence-electron chi connectivity index (χ2n) is 6.39. The van der Waals surface area contributed by atoms with Crippen LogP contribution in [0.15, 0.2) is 66.9 Å². The molecular formula is C21H21FN4O. The molecule has 1 saturated heterocycles. The number of nitrogens with zero attached hydrogens (tertiary/aromatic N) is 4. The van der Waals surface area contributed by atoms with Gasteiger partial charge in [-0.15, -0.1) is 0 Å². The lowest BCUT2D eigenvalue weighted by atomic mass is 10.2. The maximum Gasteiger partial charge on any atom is 0.228 e. The first kappa shape index (κ1) is 17.3. The van der Waals surface area contributed by atoms with Crippen LogP contribution < -0.4 is 14.5 Å². The van der Waals surface area contributed by atoms with Crippen molar-refractivity contribution in [2.75, 3.05) is 36.0 Å². The Hall–Kier alpha value is -3.15. The summed E-state index contributed by atoms with van der Waals surface area (Å²) in [5.41, 5.74) is 1.74. The standard InChI is InChI=1S/C21H21FN4O/c22-18-8-4-5-9-19(18)25-12-14-26(15-13-25)21-23-11-10-20(24-21)27-16-17-6-2-1-3-7-17/h1-11H,12-16H2. The summed E-state index contributed by atoms with van der Waals surface area (Å²) < 4.78 is 19.8. The highest BCUT2D eigenvalue weighted by molar-refractivity contribution is 5.49. The van der Waals surface area contributed by atoms with E-state index in [1.165, 1.54) is 6.07 Å². The Balaban J connectivity index is 1.38. The zero-order valence-corrected chi connectivity index (χ0v) is 15.0. The second-order valence-corrected chi connectivity index (χ2v) is 6.39. The van der Waals surface area contributed by atoms with Crippen molar-refractivity contribution in [2.24, 2.45) is 0 Å². The topological polar surface area (TPSA) is 41.5 Å². The normalized spacial score (nSPS) is 14.3. The molecule has 0 N–H and O–H groups in total. The average Bonchev–Trinajstić information content (AvgIpc) is 2.74. The Morgan fingerprint density at radius 1 is 0.852 bits per heavy atom. The number of rotatable bonds is 5. The molecule has 0 atom stereocenters. The van der Waals surface area contributed by atoms with E-state index in [1.54, 1.807) is 18.3 Å². The summed E-state index contributed by atoms with van der Waals surface area (Å²) in [6.45, 7) is 3.38. The van der Waals surface area contributed by atoms with Crippen molar-refractivity contribution >= 4 is 11.6 Å². The molecule has 1 fully saturated rings. The zero-order valence-electron chi connectivity index (χ0n) is 15.0. The first-order chi connectivity index (χ1) is 13.3. The minimum Gasteiger partial charge on any atom is -0.473 e. The van der Waals surface area contributed by atoms with Crippen molar-refractivity contribution in [2.45, 2.75) is 6.61 Å². The Bertz CT molecular complexity index is 882. The molecule has 138 valence electrons. The molecule has 0 radical (unpaired) electrons. The van der Waals surface area contributed by atoms with Crippen LogP contribution in [0.4, 0.5) is 16.0 Å². The van der Waals surface area contributed by atoms with Crippen LogP contribution in [0, 0.1) is 5.82 Å². The van der Waals surface area contributed by atoms with E-state index < -0.39 is 0 Å². The number of piperazine rings is 1. The zero-order chi connectivity index (χ0) is 18.5. The van der Waals surface area contributed by atoms with E-state index in [1.807, 2.05) is 42.5 Å². The molecule has 0 amide bonds. The predicted molar refractivity (Wildman–Crippen MR) is 104 cm³/mol. The molecule has 1 aliphatic rings. The van der Waals surface area contributed by atoms with Crippen molar-refractivity contribution < 1.29 is 9.13 Å². The van der Waals surface area contributed by atoms with Crippen LogP contribution in [0.3, 0.4) is 0 Å². The number of para-hydroxylation sites is 1. The Labute approximate surface area is 158 Å². The number of halogens is 1. The van der Waals surface area contributed by atoms with Crippen LogP contribution >= 0.6 is 0 Å². The summed E-state index contributed by atoms with van der Waals surface area (Å²) in [4.78, 5) is 13.1. The summed E-state index contributed by atoms with van der Waals surface area (Å²) in [5.74, 6) is 1.02. The maximum atomic E-state index is 14.0. The monoisotopic (exact) mass is 364 g/mol. The van der Waals surface area contributed by atoms with Gasteiger partial charge in [0.1, 0.15) is 12.4 Å². The fraction of sp³-hybridized carbons (Fsp3) is 0.238. The van der Waals surface area contributed by atoms with Gasteiger partial charge in [-0.25, -0.2) is 9.37 Å². The van der Waals surface area contributed by atoms with Gasteiger partial charge in [0, 0.05) is 38.4 Å². The molecule has 4 rings (SSSR count). The van der Waals surface area contributed by atoms with Gasteiger partial charge in [0.25, 0.3) is 0 Å². The van der Waals surface area contributed by atoms with Gasteiger partial charge in [-0.1, -0.05) is 42.5 Å². The molecule has 0 unspecified atom stereocenters. The summed E-state index contributed by atoms with van der Waals surface area (Å²) in [5, 5.41) is 0. The van der Waals surface area contributed by atoms with Crippen molar-refractivity contribution in [3.8, 4) is 5.88 Å². The van der Waals surface area contributed by atoms with Gasteiger partial charge in [-0.05, 0) is 17.7 Å². The maximum absolute atomic E-state index is 14.0. The van der Waals surface area contributed by atoms with Crippen LogP contribution in [-0.4, -0.2) is 36.1 Å². The van der Waals surface area contributed by atoms with Gasteiger partial charge in [0.05, 0.1) is 5.69 Å². The van der Waals surface area contributed by atoms with Crippen molar-refractivity contribution in [3.05, 3.63) is 78.2 Å². The third kappa shape index (κ3) is 4.16. The third-order valence-electron chi connectivity index (χ3n) is 4.60. The highest BCUT2D eigenvalue weighted by atomic mass is 19.1. The van der Waals surface area contributed by atoms with Gasteiger partial charge >= 0.3 is 0 Å². The van der Waals surface area contributed by atoms with E-state index in [9.17, 15) is 4.39 Å². The molecule has 6 heteroatoms. The predicted octanol–water partition coefficient (Wildman–Crippen LogP) is 3.52.